The largest absolute Gasteiger partial charge is 0.458 e. The van der Waals surface area contributed by atoms with Crippen molar-refractivity contribution in [1.29, 1.82) is 0 Å². The molecular weight excluding hydrogens is 634 g/mol. The molecule has 1 fully saturated rings. The van der Waals surface area contributed by atoms with Gasteiger partial charge >= 0.3 is 29.8 Å². The summed E-state index contributed by atoms with van der Waals surface area (Å²) in [4.78, 5) is 75.4. The van der Waals surface area contributed by atoms with Crippen molar-refractivity contribution in [2.45, 2.75) is 145 Å². The first-order chi connectivity index (χ1) is 22.9. The Balaban J connectivity index is 2.57. The highest BCUT2D eigenvalue weighted by atomic mass is 16.6. The third kappa shape index (κ3) is 12.3. The van der Waals surface area contributed by atoms with E-state index in [1.807, 2.05) is 0 Å². The first-order valence-corrected chi connectivity index (χ1v) is 17.5. The molecule has 49 heavy (non-hydrogen) atoms. The molecule has 12 nitrogen and oxygen atoms in total. The maximum atomic E-state index is 13.6. The lowest BCUT2D eigenvalue weighted by atomic mass is 9.84. The van der Waals surface area contributed by atoms with Crippen LogP contribution in [0.4, 0.5) is 0 Å². The zero-order chi connectivity index (χ0) is 37.2. The van der Waals surface area contributed by atoms with Crippen molar-refractivity contribution in [3.63, 3.8) is 0 Å². The normalized spacial score (nSPS) is 22.7. The minimum Gasteiger partial charge on any atom is -0.458 e. The van der Waals surface area contributed by atoms with Gasteiger partial charge in [0.1, 0.15) is 5.75 Å². The molecule has 0 N–H and O–H groups in total. The predicted molar refractivity (Wildman–Crippen MR) is 182 cm³/mol. The molecule has 0 aliphatic heterocycles. The van der Waals surface area contributed by atoms with E-state index in [1.165, 1.54) is 37.6 Å². The lowest BCUT2D eigenvalue weighted by molar-refractivity contribution is -0.180. The van der Waals surface area contributed by atoms with E-state index in [4.69, 9.17) is 23.7 Å². The van der Waals surface area contributed by atoms with Gasteiger partial charge in [-0.25, -0.2) is 0 Å². The van der Waals surface area contributed by atoms with Gasteiger partial charge in [-0.05, 0) is 55.8 Å². The van der Waals surface area contributed by atoms with Crippen molar-refractivity contribution in [2.75, 3.05) is 0 Å². The quantitative estimate of drug-likeness (QED) is 0.149. The highest BCUT2D eigenvalue weighted by molar-refractivity contribution is 5.72. The third-order valence-corrected chi connectivity index (χ3v) is 9.17. The van der Waals surface area contributed by atoms with Gasteiger partial charge in [0.15, 0.2) is 24.4 Å². The van der Waals surface area contributed by atoms with Crippen LogP contribution in [-0.2, 0) is 56.4 Å². The fourth-order valence-corrected chi connectivity index (χ4v) is 7.34. The number of pyridine rings is 1. The van der Waals surface area contributed by atoms with Crippen LogP contribution in [0.15, 0.2) is 11.0 Å². The maximum absolute atomic E-state index is 13.6. The second-order valence-corrected chi connectivity index (χ2v) is 14.2. The van der Waals surface area contributed by atoms with E-state index in [0.29, 0.717) is 30.1 Å². The number of aromatic nitrogens is 1. The number of carbonyl (C=O) groups is 5. The van der Waals surface area contributed by atoms with E-state index in [9.17, 15) is 28.8 Å². The van der Waals surface area contributed by atoms with Crippen LogP contribution >= 0.6 is 0 Å². The molecule has 1 saturated carbocycles. The van der Waals surface area contributed by atoms with Crippen LogP contribution in [0.2, 0.25) is 0 Å². The molecule has 0 saturated heterocycles. The van der Waals surface area contributed by atoms with Crippen molar-refractivity contribution < 1.29 is 47.7 Å². The van der Waals surface area contributed by atoms with Gasteiger partial charge in [0, 0.05) is 53.4 Å². The molecule has 1 aliphatic rings. The number of aryl methyl sites for hydroxylation is 1. The van der Waals surface area contributed by atoms with Gasteiger partial charge < -0.3 is 28.3 Å². The van der Waals surface area contributed by atoms with Crippen molar-refractivity contribution >= 4 is 29.8 Å². The topological polar surface area (TPSA) is 154 Å². The Labute approximate surface area is 290 Å². The Bertz CT molecular complexity index is 1340. The molecule has 2 rings (SSSR count). The Morgan fingerprint density at radius 2 is 1.10 bits per heavy atom. The summed E-state index contributed by atoms with van der Waals surface area (Å²) in [7, 11) is 1.53. The molecule has 276 valence electrons. The third-order valence-electron chi connectivity index (χ3n) is 9.17. The lowest BCUT2D eigenvalue weighted by Crippen LogP contribution is -2.41. The van der Waals surface area contributed by atoms with Gasteiger partial charge in [-0.15, -0.1) is 0 Å². The number of hydrogen-bond donors (Lipinski definition) is 0. The smallest absolute Gasteiger partial charge is 0.308 e. The molecule has 1 aromatic heterocycles. The van der Waals surface area contributed by atoms with Crippen LogP contribution < -0.4 is 10.3 Å². The number of rotatable bonds is 17. The predicted octanol–water partition coefficient (Wildman–Crippen LogP) is 5.58. The molecule has 1 aliphatic carbocycles. The fraction of sp³-hybridized carbons (Fsp3) is 0.730. The molecule has 6 unspecified atom stereocenters. The van der Waals surface area contributed by atoms with E-state index in [1.54, 1.807) is 0 Å². The standard InChI is InChI=1S/C37H57NO11/c1-12-20(2)16-22(4)18-23(5)17-21(3)14-13-15-29-32(45-24(6)39)30(19-38(11)37(29)44)31-33(46-25(7)40)35(48-27(9)42)36(49-28(10)43)34(31)47-26(8)41/h19-23,31,33-36H,12-18H2,1-11H3/t20-,21?,22+,23?,31?,33?,34?,35?,36?/m1/s1. The lowest BCUT2D eigenvalue weighted by Gasteiger charge is -2.28. The Kier molecular flexibility index (Phi) is 16.0. The van der Waals surface area contributed by atoms with Crippen LogP contribution in [0.3, 0.4) is 0 Å². The molecule has 1 heterocycles. The number of carbonyl (C=O) groups excluding carboxylic acids is 5. The Hall–Kier alpha value is -3.70. The van der Waals surface area contributed by atoms with Crippen molar-refractivity contribution in [2.24, 2.45) is 30.7 Å². The molecule has 12 heteroatoms. The summed E-state index contributed by atoms with van der Waals surface area (Å²) in [5, 5.41) is 0. The molecule has 0 radical (unpaired) electrons. The van der Waals surface area contributed by atoms with Gasteiger partial charge in [0.2, 0.25) is 0 Å². The van der Waals surface area contributed by atoms with Crippen LogP contribution in [0.5, 0.6) is 5.75 Å². The SMILES string of the molecule is CC[C@@H](C)C[C@H](C)CC(C)CC(C)CCCc1c(OC(C)=O)c(C2C(OC(C)=O)C(OC(C)=O)C(OC(C)=O)C2OC(C)=O)cn(C)c1=O. The monoisotopic (exact) mass is 691 g/mol. The van der Waals surface area contributed by atoms with E-state index < -0.39 is 60.2 Å². The van der Waals surface area contributed by atoms with Crippen molar-refractivity contribution in [3.05, 3.63) is 27.7 Å². The van der Waals surface area contributed by atoms with E-state index in [0.717, 1.165) is 47.0 Å². The number of ether oxygens (including phenoxy) is 5. The summed E-state index contributed by atoms with van der Waals surface area (Å²) in [5.41, 5.74) is 0.0216. The zero-order valence-electron chi connectivity index (χ0n) is 31.2. The highest BCUT2D eigenvalue weighted by Crippen LogP contribution is 2.46. The van der Waals surface area contributed by atoms with Gasteiger partial charge in [-0.2, -0.15) is 0 Å². The molecule has 0 spiro atoms. The fourth-order valence-electron chi connectivity index (χ4n) is 7.34. The zero-order valence-corrected chi connectivity index (χ0v) is 31.2. The van der Waals surface area contributed by atoms with E-state index in [2.05, 4.69) is 34.6 Å². The average molecular weight is 692 g/mol. The number of esters is 5. The van der Waals surface area contributed by atoms with Crippen LogP contribution in [0.1, 0.15) is 125 Å². The summed E-state index contributed by atoms with van der Waals surface area (Å²) < 4.78 is 29.4. The molecule has 0 aromatic carbocycles. The van der Waals surface area contributed by atoms with Crippen LogP contribution in [0, 0.1) is 23.7 Å². The van der Waals surface area contributed by atoms with Gasteiger partial charge in [-0.1, -0.05) is 47.5 Å². The minimum absolute atomic E-state index is 0.0557. The minimum atomic E-state index is -1.39. The highest BCUT2D eigenvalue weighted by Gasteiger charge is 2.60. The molecular formula is C37H57NO11. The Morgan fingerprint density at radius 1 is 0.673 bits per heavy atom. The number of hydrogen-bond acceptors (Lipinski definition) is 11. The van der Waals surface area contributed by atoms with Gasteiger partial charge in [0.25, 0.3) is 5.56 Å². The van der Waals surface area contributed by atoms with E-state index in [-0.39, 0.29) is 28.9 Å². The summed E-state index contributed by atoms with van der Waals surface area (Å²) in [6.07, 6.45) is 2.27. The van der Waals surface area contributed by atoms with E-state index >= 15 is 0 Å². The first kappa shape index (κ1) is 41.5. The van der Waals surface area contributed by atoms with Crippen molar-refractivity contribution in [1.82, 2.24) is 4.57 Å². The van der Waals surface area contributed by atoms with Gasteiger partial charge in [-0.3, -0.25) is 28.8 Å². The molecule has 0 bridgehead atoms. The van der Waals surface area contributed by atoms with Crippen LogP contribution in [0.25, 0.3) is 0 Å². The summed E-state index contributed by atoms with van der Waals surface area (Å²) in [6, 6.07) is 0. The molecule has 8 atom stereocenters. The second-order valence-electron chi connectivity index (χ2n) is 14.2. The van der Waals surface area contributed by atoms with Gasteiger partial charge in [0.05, 0.1) is 11.5 Å². The van der Waals surface area contributed by atoms with Crippen LogP contribution in [-0.4, -0.2) is 58.8 Å². The second kappa shape index (κ2) is 18.9. The summed E-state index contributed by atoms with van der Waals surface area (Å²) >= 11 is 0. The first-order valence-electron chi connectivity index (χ1n) is 17.5. The average Bonchev–Trinajstić information content (AvgIpc) is 3.20. The molecule has 1 aromatic rings. The summed E-state index contributed by atoms with van der Waals surface area (Å²) in [5.74, 6) is -2.67. The van der Waals surface area contributed by atoms with Crippen molar-refractivity contribution in [3.8, 4) is 5.75 Å². The maximum Gasteiger partial charge on any atom is 0.308 e. The summed E-state index contributed by atoms with van der Waals surface area (Å²) in [6.45, 7) is 17.1. The number of nitrogens with zero attached hydrogens (tertiary/aromatic N) is 1. The molecule has 0 amide bonds. The Morgan fingerprint density at radius 3 is 1.53 bits per heavy atom.